The van der Waals surface area contributed by atoms with Gasteiger partial charge < -0.3 is 34.0 Å². The summed E-state index contributed by atoms with van der Waals surface area (Å²) in [7, 11) is 1.11. The van der Waals surface area contributed by atoms with E-state index >= 15 is 0 Å². The van der Waals surface area contributed by atoms with E-state index in [4.69, 9.17) is 9.05 Å². The molecule has 1 amide bonds. The van der Waals surface area contributed by atoms with Crippen LogP contribution in [0.25, 0.3) is 0 Å². The van der Waals surface area contributed by atoms with Gasteiger partial charge in [0.2, 0.25) is 5.91 Å². The Bertz CT molecular complexity index is 1370. The smallest absolute Gasteiger partial charge is 0.268 e. The first kappa shape index (κ1) is 66.9. The number of likely N-dealkylation sites (N-methyl/N-ethyl adjacent to an activating group) is 1. The lowest BCUT2D eigenvalue weighted by molar-refractivity contribution is -0.870. The van der Waals surface area contributed by atoms with Gasteiger partial charge in [0, 0.05) is 6.42 Å². The molecule has 0 radical (unpaired) electrons. The summed E-state index contributed by atoms with van der Waals surface area (Å²) in [5.74, 6) is -0.289. The fraction of sp³-hybridized carbons (Fsp3) is 0.780. The highest BCUT2D eigenvalue weighted by Gasteiger charge is 2.29. The highest BCUT2D eigenvalue weighted by Crippen LogP contribution is 2.38. The van der Waals surface area contributed by atoms with Gasteiger partial charge in [-0.15, -0.1) is 0 Å². The second kappa shape index (κ2) is 49.5. The van der Waals surface area contributed by atoms with E-state index < -0.39 is 32.7 Å². The SMILES string of the molecule is CC/C=C\C/C=C\C/C=C\C/C=C\C/C=C\CCCCCCCCCCCCCCCCCCCC(=O)NC(COP(=O)([O-])OCC[N+](C)(C)C)C(O)C(O)CCC/C=C/CCCCCCCCC. The van der Waals surface area contributed by atoms with Crippen LogP contribution < -0.4 is 10.2 Å². The standard InChI is InChI=1S/C59H109N2O7P/c1-6-8-10-12-14-16-18-20-21-22-23-24-25-26-27-28-29-30-31-32-33-34-35-36-37-38-39-40-42-44-46-48-50-52-58(63)60-56(55-68-69(65,66)67-54-53-61(3,4)5)59(64)57(62)51-49-47-45-43-41-19-17-15-13-11-9-7-2/h8,10,14,16,20-21,23-24,26-27,43,45,56-57,59,62,64H,6-7,9,11-13,15,17-19,22,25,28-42,44,46-55H2,1-5H3,(H-,60,63,65,66)/b10-8-,16-14-,21-20-,24-23-,27-26-,45-43+. The van der Waals surface area contributed by atoms with Crippen molar-refractivity contribution in [2.24, 2.45) is 0 Å². The number of aliphatic hydroxyl groups excluding tert-OH is 2. The molecule has 0 heterocycles. The van der Waals surface area contributed by atoms with E-state index in [1.54, 1.807) is 0 Å². The van der Waals surface area contributed by atoms with Crippen LogP contribution in [0.4, 0.5) is 0 Å². The van der Waals surface area contributed by atoms with E-state index in [0.717, 1.165) is 64.2 Å². The minimum atomic E-state index is -4.68. The summed E-state index contributed by atoms with van der Waals surface area (Å²) in [5, 5.41) is 24.7. The number of hydrogen-bond donors (Lipinski definition) is 3. The maximum absolute atomic E-state index is 13.0. The van der Waals surface area contributed by atoms with E-state index in [1.807, 2.05) is 21.1 Å². The molecule has 9 nitrogen and oxygen atoms in total. The Morgan fingerprint density at radius 2 is 0.913 bits per heavy atom. The van der Waals surface area contributed by atoms with Crippen LogP contribution in [-0.4, -0.2) is 79.8 Å². The van der Waals surface area contributed by atoms with E-state index in [2.05, 4.69) is 92.1 Å². The van der Waals surface area contributed by atoms with Crippen molar-refractivity contribution in [3.05, 3.63) is 72.9 Å². The van der Waals surface area contributed by atoms with Gasteiger partial charge in [-0.25, -0.2) is 0 Å². The van der Waals surface area contributed by atoms with Crippen LogP contribution in [0.5, 0.6) is 0 Å². The molecule has 0 aliphatic carbocycles. The normalized spacial score (nSPS) is 15.0. The van der Waals surface area contributed by atoms with E-state index in [-0.39, 0.29) is 18.9 Å². The second-order valence-electron chi connectivity index (χ2n) is 20.4. The van der Waals surface area contributed by atoms with Crippen LogP contribution >= 0.6 is 7.82 Å². The number of quaternary nitrogens is 1. The number of nitrogens with zero attached hydrogens (tertiary/aromatic N) is 1. The molecule has 0 saturated heterocycles. The van der Waals surface area contributed by atoms with Crippen LogP contribution in [0, 0.1) is 0 Å². The van der Waals surface area contributed by atoms with Crippen molar-refractivity contribution < 1.29 is 38.0 Å². The summed E-state index contributed by atoms with van der Waals surface area (Å²) in [5.41, 5.74) is 0. The number of unbranched alkanes of at least 4 members (excludes halogenated alkanes) is 25. The highest BCUT2D eigenvalue weighted by atomic mass is 31.2. The first-order valence-electron chi connectivity index (χ1n) is 28.4. The predicted molar refractivity (Wildman–Crippen MR) is 294 cm³/mol. The van der Waals surface area contributed by atoms with Gasteiger partial charge in [-0.05, 0) is 83.5 Å². The van der Waals surface area contributed by atoms with Gasteiger partial charge in [0.1, 0.15) is 19.3 Å². The molecule has 3 N–H and O–H groups in total. The topological polar surface area (TPSA) is 128 Å². The molecule has 0 spiro atoms. The number of aliphatic hydroxyl groups is 2. The highest BCUT2D eigenvalue weighted by molar-refractivity contribution is 7.45. The van der Waals surface area contributed by atoms with Gasteiger partial charge in [0.25, 0.3) is 7.82 Å². The first-order valence-corrected chi connectivity index (χ1v) is 29.8. The molecule has 0 aromatic carbocycles. The van der Waals surface area contributed by atoms with Crippen molar-refractivity contribution in [1.82, 2.24) is 5.32 Å². The molecular weight excluding hydrogens is 880 g/mol. The molecule has 4 unspecified atom stereocenters. The molecule has 4 atom stereocenters. The van der Waals surface area contributed by atoms with Crippen LogP contribution in [-0.2, 0) is 18.4 Å². The van der Waals surface area contributed by atoms with Crippen molar-refractivity contribution in [3.63, 3.8) is 0 Å². The lowest BCUT2D eigenvalue weighted by Crippen LogP contribution is -2.51. The Balaban J connectivity index is 4.12. The second-order valence-corrected chi connectivity index (χ2v) is 21.8. The molecule has 69 heavy (non-hydrogen) atoms. The van der Waals surface area contributed by atoms with Crippen molar-refractivity contribution in [3.8, 4) is 0 Å². The van der Waals surface area contributed by atoms with Crippen LogP contribution in [0.2, 0.25) is 0 Å². The summed E-state index contributed by atoms with van der Waals surface area (Å²) in [4.78, 5) is 25.5. The molecule has 0 saturated carbocycles. The number of carbonyl (C=O) groups excluding carboxylic acids is 1. The lowest BCUT2D eigenvalue weighted by Gasteiger charge is -2.31. The average molecular weight is 990 g/mol. The molecule has 0 bridgehead atoms. The fourth-order valence-electron chi connectivity index (χ4n) is 8.05. The third kappa shape index (κ3) is 50.6. The Morgan fingerprint density at radius 1 is 0.536 bits per heavy atom. The van der Waals surface area contributed by atoms with Gasteiger partial charge in [-0.1, -0.05) is 222 Å². The van der Waals surface area contributed by atoms with Crippen molar-refractivity contribution >= 4 is 13.7 Å². The summed E-state index contributed by atoms with van der Waals surface area (Å²) >= 11 is 0. The summed E-state index contributed by atoms with van der Waals surface area (Å²) < 4.78 is 23.2. The zero-order valence-corrected chi connectivity index (χ0v) is 46.3. The molecule has 0 aromatic heterocycles. The summed E-state index contributed by atoms with van der Waals surface area (Å²) in [6, 6.07) is -1.09. The zero-order chi connectivity index (χ0) is 50.8. The largest absolute Gasteiger partial charge is 0.756 e. The average Bonchev–Trinajstić information content (AvgIpc) is 3.31. The van der Waals surface area contributed by atoms with Gasteiger partial charge in [-0.2, -0.15) is 0 Å². The minimum Gasteiger partial charge on any atom is -0.756 e. The molecule has 10 heteroatoms. The third-order valence-corrected chi connectivity index (χ3v) is 13.5. The molecule has 0 aliphatic heterocycles. The summed E-state index contributed by atoms with van der Waals surface area (Å²) in [6.45, 7) is 4.30. The van der Waals surface area contributed by atoms with Gasteiger partial charge >= 0.3 is 0 Å². The number of hydrogen-bond acceptors (Lipinski definition) is 7. The van der Waals surface area contributed by atoms with E-state index in [0.29, 0.717) is 30.3 Å². The number of amides is 1. The third-order valence-electron chi connectivity index (χ3n) is 12.5. The molecular formula is C59H109N2O7P. The lowest BCUT2D eigenvalue weighted by atomic mass is 10.0. The molecule has 0 aliphatic rings. The predicted octanol–water partition coefficient (Wildman–Crippen LogP) is 15.4. The molecule has 402 valence electrons. The van der Waals surface area contributed by atoms with E-state index in [9.17, 15) is 24.5 Å². The van der Waals surface area contributed by atoms with Crippen LogP contribution in [0.3, 0.4) is 0 Å². The number of phosphoric acid groups is 1. The Hall–Kier alpha value is -2.10. The van der Waals surface area contributed by atoms with Gasteiger partial charge in [0.15, 0.2) is 0 Å². The monoisotopic (exact) mass is 989 g/mol. The maximum Gasteiger partial charge on any atom is 0.268 e. The van der Waals surface area contributed by atoms with Crippen LogP contribution in [0.1, 0.15) is 239 Å². The van der Waals surface area contributed by atoms with Crippen LogP contribution in [0.15, 0.2) is 72.9 Å². The van der Waals surface area contributed by atoms with Gasteiger partial charge in [0.05, 0.1) is 39.9 Å². The first-order chi connectivity index (χ1) is 33.4. The van der Waals surface area contributed by atoms with E-state index in [1.165, 1.54) is 135 Å². The Morgan fingerprint density at radius 3 is 1.35 bits per heavy atom. The number of carbonyl (C=O) groups is 1. The van der Waals surface area contributed by atoms with Crippen molar-refractivity contribution in [2.75, 3.05) is 40.9 Å². The number of allylic oxidation sites excluding steroid dienone is 12. The Kier molecular flexibility index (Phi) is 48.0. The molecule has 0 aromatic rings. The molecule has 0 fully saturated rings. The molecule has 0 rings (SSSR count). The van der Waals surface area contributed by atoms with Crippen molar-refractivity contribution in [1.29, 1.82) is 0 Å². The van der Waals surface area contributed by atoms with Gasteiger partial charge in [-0.3, -0.25) is 9.36 Å². The fourth-order valence-corrected chi connectivity index (χ4v) is 8.77. The van der Waals surface area contributed by atoms with Crippen molar-refractivity contribution in [2.45, 2.75) is 257 Å². The zero-order valence-electron chi connectivity index (χ0n) is 45.4. The quantitative estimate of drug-likeness (QED) is 0.0240. The maximum atomic E-state index is 13.0. The summed E-state index contributed by atoms with van der Waals surface area (Å²) in [6.07, 6.45) is 64.0. The number of phosphoric ester groups is 1. The Labute approximate surface area is 426 Å². The number of rotatable bonds is 51. The number of nitrogens with one attached hydrogen (secondary N) is 1. The minimum absolute atomic E-state index is 0.0474.